The molecule has 0 unspecified atom stereocenters. The first kappa shape index (κ1) is 25.2. The molecule has 0 aliphatic rings. The third-order valence-electron chi connectivity index (χ3n) is 5.91. The molecule has 0 bridgehead atoms. The fraction of sp³-hybridized carbons (Fsp3) is 0.464. The molecule has 1 N–H and O–H groups in total. The summed E-state index contributed by atoms with van der Waals surface area (Å²) in [7, 11) is 5.56. The van der Waals surface area contributed by atoms with E-state index in [1.54, 1.807) is 7.11 Å². The van der Waals surface area contributed by atoms with Gasteiger partial charge in [-0.3, -0.25) is 4.99 Å². The zero-order valence-corrected chi connectivity index (χ0v) is 22.5. The van der Waals surface area contributed by atoms with Crippen molar-refractivity contribution in [3.63, 3.8) is 0 Å². The number of nitrogens with one attached hydrogen (secondary N) is 1. The van der Waals surface area contributed by atoms with Crippen LogP contribution in [0.25, 0.3) is 10.9 Å². The monoisotopic (exact) mass is 465 g/mol. The Morgan fingerprint density at radius 1 is 1.06 bits per heavy atom. The molecule has 1 heterocycles. The van der Waals surface area contributed by atoms with Crippen LogP contribution >= 0.6 is 11.8 Å². The van der Waals surface area contributed by atoms with Crippen molar-refractivity contribution in [2.45, 2.75) is 64.2 Å². The van der Waals surface area contributed by atoms with Crippen LogP contribution in [0, 0.1) is 12.3 Å². The molecule has 0 aliphatic carbocycles. The van der Waals surface area contributed by atoms with Crippen molar-refractivity contribution in [1.82, 2.24) is 9.88 Å². The van der Waals surface area contributed by atoms with Gasteiger partial charge in [0.15, 0.2) is 0 Å². The number of thioether (sulfide) groups is 1. The molecular weight excluding hydrogens is 426 g/mol. The van der Waals surface area contributed by atoms with Gasteiger partial charge in [0, 0.05) is 58.7 Å². The highest BCUT2D eigenvalue weighted by atomic mass is 32.2. The summed E-state index contributed by atoms with van der Waals surface area (Å²) in [6.45, 7) is 14.3. The first-order valence-corrected chi connectivity index (χ1v) is 12.4. The van der Waals surface area contributed by atoms with Crippen LogP contribution in [0.2, 0.25) is 0 Å². The van der Waals surface area contributed by atoms with Gasteiger partial charge in [-0.15, -0.1) is 11.8 Å². The summed E-state index contributed by atoms with van der Waals surface area (Å²) in [5.41, 5.74) is 5.04. The van der Waals surface area contributed by atoms with Gasteiger partial charge in [0.2, 0.25) is 0 Å². The Morgan fingerprint density at radius 2 is 1.73 bits per heavy atom. The normalized spacial score (nSPS) is 12.9. The van der Waals surface area contributed by atoms with E-state index in [0.29, 0.717) is 0 Å². The van der Waals surface area contributed by atoms with E-state index in [1.807, 2.05) is 25.9 Å². The summed E-state index contributed by atoms with van der Waals surface area (Å²) < 4.78 is 8.19. The van der Waals surface area contributed by atoms with Crippen LogP contribution in [0.1, 0.15) is 51.4 Å². The first-order valence-electron chi connectivity index (χ1n) is 11.6. The average molecular weight is 466 g/mol. The van der Waals surface area contributed by atoms with E-state index < -0.39 is 0 Å². The van der Waals surface area contributed by atoms with Crippen molar-refractivity contribution < 1.29 is 4.74 Å². The van der Waals surface area contributed by atoms with Gasteiger partial charge in [-0.1, -0.05) is 64.4 Å². The largest absolute Gasteiger partial charge is 0.497 e. The van der Waals surface area contributed by atoms with Crippen LogP contribution in [0.3, 0.4) is 0 Å². The molecule has 3 aromatic rings. The second-order valence-electron chi connectivity index (χ2n) is 10.3. The molecule has 2 aromatic carbocycles. The maximum atomic E-state index is 5.61. The minimum atomic E-state index is -0.139. The molecule has 1 aromatic heterocycles. The van der Waals surface area contributed by atoms with Crippen molar-refractivity contribution >= 4 is 28.5 Å². The summed E-state index contributed by atoms with van der Waals surface area (Å²) in [5.74, 6) is 1.90. The number of aliphatic imine (C=N–C) groups is 1. The second kappa shape index (κ2) is 9.84. The molecule has 0 atom stereocenters. The van der Waals surface area contributed by atoms with E-state index >= 15 is 0 Å². The molecule has 0 amide bonds. The highest BCUT2D eigenvalue weighted by Gasteiger charge is 2.31. The van der Waals surface area contributed by atoms with Crippen molar-refractivity contribution in [3.05, 3.63) is 59.3 Å². The maximum absolute atomic E-state index is 5.61. The average Bonchev–Trinajstić information content (AvgIpc) is 3.00. The lowest BCUT2D eigenvalue weighted by Crippen LogP contribution is -2.37. The van der Waals surface area contributed by atoms with Gasteiger partial charge < -0.3 is 14.6 Å². The molecule has 4 nitrogen and oxygen atoms in total. The number of hydrogen-bond donors (Lipinski definition) is 1. The quantitative estimate of drug-likeness (QED) is 0.239. The summed E-state index contributed by atoms with van der Waals surface area (Å²) in [4.78, 5) is 5.89. The van der Waals surface area contributed by atoms with Gasteiger partial charge >= 0.3 is 0 Å². The minimum absolute atomic E-state index is 0.0790. The van der Waals surface area contributed by atoms with E-state index in [9.17, 15) is 0 Å². The zero-order chi connectivity index (χ0) is 24.4. The summed E-state index contributed by atoms with van der Waals surface area (Å²) in [6.07, 6.45) is 0.877. The molecule has 178 valence electrons. The predicted octanol–water partition coefficient (Wildman–Crippen LogP) is 6.71. The number of aryl methyl sites for hydroxylation is 1. The maximum Gasteiger partial charge on any atom is 0.119 e. The van der Waals surface area contributed by atoms with Crippen molar-refractivity contribution in [2.24, 2.45) is 10.4 Å². The molecule has 0 saturated heterocycles. The Morgan fingerprint density at radius 3 is 2.27 bits per heavy atom. The third-order valence-corrected chi connectivity index (χ3v) is 7.18. The van der Waals surface area contributed by atoms with Gasteiger partial charge in [-0.05, 0) is 30.7 Å². The number of aromatic nitrogens is 1. The molecule has 33 heavy (non-hydrogen) atoms. The van der Waals surface area contributed by atoms with Crippen molar-refractivity contribution in [2.75, 3.05) is 21.2 Å². The number of ether oxygens (including phenoxy) is 1. The van der Waals surface area contributed by atoms with Gasteiger partial charge in [0.05, 0.1) is 7.11 Å². The zero-order valence-electron chi connectivity index (χ0n) is 21.7. The van der Waals surface area contributed by atoms with E-state index in [-0.39, 0.29) is 10.2 Å². The fourth-order valence-corrected chi connectivity index (χ4v) is 5.58. The van der Waals surface area contributed by atoms with Crippen molar-refractivity contribution in [1.29, 1.82) is 0 Å². The lowest BCUT2D eigenvalue weighted by Gasteiger charge is -2.29. The molecule has 0 saturated carbocycles. The van der Waals surface area contributed by atoms with Crippen LogP contribution < -0.4 is 10.1 Å². The summed E-state index contributed by atoms with van der Waals surface area (Å²) in [6, 6.07) is 15.3. The lowest BCUT2D eigenvalue weighted by atomic mass is 9.86. The van der Waals surface area contributed by atoms with Crippen LogP contribution in [0.4, 0.5) is 0 Å². The number of hydrogen-bond acceptors (Lipinski definition) is 3. The van der Waals surface area contributed by atoms with E-state index in [4.69, 9.17) is 4.74 Å². The number of nitrogens with zero attached hydrogens (tertiary/aromatic N) is 2. The molecule has 3 rings (SSSR count). The highest BCUT2D eigenvalue weighted by molar-refractivity contribution is 8.00. The minimum Gasteiger partial charge on any atom is -0.497 e. The highest BCUT2D eigenvalue weighted by Crippen LogP contribution is 2.44. The standard InChI is InChI=1S/C28H39N3OS/c1-19-10-12-20(13-11-19)18-31-23-15-14-21(32-9)16-22(23)25(33-27(2,3)4)24(31)17-28(5,6)26(29-7)30-8/h10-16H,17-18H2,1-9H3,(H,29,30). The number of benzene rings is 2. The smallest absolute Gasteiger partial charge is 0.119 e. The molecule has 0 fully saturated rings. The van der Waals surface area contributed by atoms with Gasteiger partial charge in [-0.2, -0.15) is 0 Å². The topological polar surface area (TPSA) is 38.6 Å². The molecular formula is C28H39N3OS. The van der Waals surface area contributed by atoms with Crippen LogP contribution in [-0.4, -0.2) is 36.4 Å². The number of rotatable bonds is 7. The number of fused-ring (bicyclic) bond motifs is 1. The van der Waals surface area contributed by atoms with Crippen LogP contribution in [-0.2, 0) is 13.0 Å². The van der Waals surface area contributed by atoms with Crippen LogP contribution in [0.15, 0.2) is 52.4 Å². The number of methoxy groups -OCH3 is 1. The Kier molecular flexibility index (Phi) is 7.52. The second-order valence-corrected chi connectivity index (χ2v) is 12.2. The van der Waals surface area contributed by atoms with Gasteiger partial charge in [-0.25, -0.2) is 0 Å². The SMILES string of the molecule is C/N=C(\NC)C(C)(C)Cc1c(SC(C)(C)C)c2cc(OC)ccc2n1Cc1ccc(C)cc1. The molecule has 0 radical (unpaired) electrons. The lowest BCUT2D eigenvalue weighted by molar-refractivity contribution is 0.415. The molecule has 5 heteroatoms. The summed E-state index contributed by atoms with van der Waals surface area (Å²) >= 11 is 1.94. The first-order chi connectivity index (χ1) is 15.5. The molecule has 0 aliphatic heterocycles. The van der Waals surface area contributed by atoms with E-state index in [2.05, 4.69) is 98.9 Å². The van der Waals surface area contributed by atoms with Gasteiger partial charge in [0.1, 0.15) is 11.6 Å². The number of amidine groups is 1. The Labute approximate surface area is 203 Å². The predicted molar refractivity (Wildman–Crippen MR) is 144 cm³/mol. The Bertz CT molecular complexity index is 1130. The fourth-order valence-electron chi connectivity index (χ4n) is 4.39. The van der Waals surface area contributed by atoms with Crippen molar-refractivity contribution in [3.8, 4) is 5.75 Å². The van der Waals surface area contributed by atoms with E-state index in [0.717, 1.165) is 24.6 Å². The summed E-state index contributed by atoms with van der Waals surface area (Å²) in [5, 5.41) is 4.58. The van der Waals surface area contributed by atoms with Gasteiger partial charge in [0.25, 0.3) is 0 Å². The van der Waals surface area contributed by atoms with Crippen LogP contribution in [0.5, 0.6) is 5.75 Å². The van der Waals surface area contributed by atoms with E-state index in [1.165, 1.54) is 32.6 Å². The molecule has 0 spiro atoms. The Hall–Kier alpha value is -2.40. The third kappa shape index (κ3) is 5.75. The Balaban J connectivity index is 2.28.